The van der Waals surface area contributed by atoms with Gasteiger partial charge in [0.1, 0.15) is 72.2 Å². The molecule has 0 fully saturated rings. The number of allylic oxidation sites excluding steroid dienone is 1. The first-order valence-electron chi connectivity index (χ1n) is 38.0. The standard InChI is InChI=1S/C79H106N16O18S2/c1-8-12-54-69(104)87-56(27-28-63(100)101)70(105)88-57(34-45-19-24-51(98)25-20-45)72(107)86-55(13-9-2)71(106)94-65(43(4)97)77(112)92-61(68(81)103)40-115-39-47-15-10-14-46(32-47)38-114-31-29-62(99)93-66(79(5,6)7)78(113)91-58(33-44-17-21-48(22-18-44)67(80)102)73(108)89-60(36-50-37-82-41-84-50)75(110)95-64(42(3)96)76(111)90-59(74(109)85-54)35-49-23-26-53-52(49)16-11-30-83-53/h10-11,14-25,30,32,37,42-43,54-61,64-66,82,84,96-98H,8-9,12-13,26-29,31,33-36,38-41H2,1-7H3,(H2,80,102)(H2,81,103)(H,85,109)(H,86,107)(H,87,104)(H,88,105)(H,89,108)(H,90,111)(H,91,113)(H,92,112)(H,93,99)(H,94,106)(H,95,110)(H,100,101)/t42-,43-,54+,55+,56+,57+,58+,59+,60+,61+,64+,65+,66-/m1/s1. The van der Waals surface area contributed by atoms with Crippen molar-refractivity contribution in [2.24, 2.45) is 16.9 Å². The maximum Gasteiger partial charge on any atom is 0.303 e. The Morgan fingerprint density at radius 3 is 1.55 bits per heavy atom. The van der Waals surface area contributed by atoms with Gasteiger partial charge in [0.15, 0.2) is 0 Å². The Morgan fingerprint density at radius 2 is 1.03 bits per heavy atom. The third kappa shape index (κ3) is 28.4. The molecule has 115 heavy (non-hydrogen) atoms. The molecule has 34 nitrogen and oxygen atoms in total. The van der Waals surface area contributed by atoms with E-state index in [1.54, 1.807) is 65.2 Å². The van der Waals surface area contributed by atoms with E-state index in [0.717, 1.165) is 11.1 Å². The average molecular weight is 1630 g/mol. The fraction of sp³-hybridized carbons (Fsp3) is 0.481. The zero-order chi connectivity index (χ0) is 84.2. The molecule has 7 rings (SSSR count). The van der Waals surface area contributed by atoms with Gasteiger partial charge < -0.3 is 101 Å². The topological polar surface area (TPSA) is 541 Å². The first-order chi connectivity index (χ1) is 54.6. The van der Waals surface area contributed by atoms with E-state index in [1.165, 1.54) is 85.9 Å². The first kappa shape index (κ1) is 91.1. The van der Waals surface area contributed by atoms with E-state index < -0.39 is 180 Å². The molecule has 0 saturated heterocycles. The number of benzene rings is 3. The normalized spacial score (nSPS) is 24.1. The number of hydrogen-bond acceptors (Lipinski definition) is 22. The number of phenolic OH excluding ortho intramolecular Hbond substituents is 1. The number of aliphatic hydroxyl groups is 2. The number of carbonyl (C=O) groups excluding carboxylic acids is 13. The van der Waals surface area contributed by atoms with E-state index in [-0.39, 0.29) is 81.5 Å². The van der Waals surface area contributed by atoms with Crippen molar-refractivity contribution in [2.75, 3.05) is 18.2 Å². The zero-order valence-electron chi connectivity index (χ0n) is 65.3. The highest BCUT2D eigenvalue weighted by molar-refractivity contribution is 7.98. The van der Waals surface area contributed by atoms with Crippen molar-refractivity contribution in [1.29, 1.82) is 0 Å². The minimum atomic E-state index is -1.89. The predicted molar refractivity (Wildman–Crippen MR) is 428 cm³/mol. The minimum Gasteiger partial charge on any atom is -0.508 e. The van der Waals surface area contributed by atoms with Crippen LogP contribution in [0.25, 0.3) is 5.57 Å². The molecule has 13 atom stereocenters. The van der Waals surface area contributed by atoms with Gasteiger partial charge in [0.2, 0.25) is 76.8 Å². The number of nitrogens with zero attached hydrogens (tertiary/aromatic N) is 1. The molecule has 0 spiro atoms. The number of nitrogens with one attached hydrogen (secondary N) is 13. The average Bonchev–Trinajstić information content (AvgIpc) is 1.74. The quantitative estimate of drug-likeness (QED) is 0.0575. The number of aliphatic carboxylic acids is 1. The van der Waals surface area contributed by atoms with Crippen LogP contribution < -0.4 is 80.6 Å². The van der Waals surface area contributed by atoms with Gasteiger partial charge in [-0.15, -0.1) is 0 Å². The second kappa shape index (κ2) is 44.0. The van der Waals surface area contributed by atoms with Gasteiger partial charge >= 0.3 is 5.97 Å². The summed E-state index contributed by atoms with van der Waals surface area (Å²) in [5, 5.41) is 77.5. The van der Waals surface area contributed by atoms with Gasteiger partial charge in [-0.2, -0.15) is 23.5 Å². The van der Waals surface area contributed by atoms with Gasteiger partial charge in [0.05, 0.1) is 24.6 Å². The fourth-order valence-corrected chi connectivity index (χ4v) is 14.7. The maximum atomic E-state index is 15.1. The van der Waals surface area contributed by atoms with Gasteiger partial charge in [-0.3, -0.25) is 72.1 Å². The fourth-order valence-electron chi connectivity index (χ4n) is 12.8. The molecule has 4 aromatic rings. The van der Waals surface area contributed by atoms with Gasteiger partial charge in [-0.1, -0.05) is 108 Å². The number of rotatable bonds is 19. The van der Waals surface area contributed by atoms with Crippen molar-refractivity contribution >= 4 is 112 Å². The largest absolute Gasteiger partial charge is 0.508 e. The van der Waals surface area contributed by atoms with E-state index in [9.17, 15) is 78.0 Å². The lowest BCUT2D eigenvalue weighted by Crippen LogP contribution is -2.62. The molecule has 622 valence electrons. The van der Waals surface area contributed by atoms with Crippen LogP contribution in [0, 0.1) is 5.41 Å². The summed E-state index contributed by atoms with van der Waals surface area (Å²) >= 11 is 2.67. The molecule has 1 aromatic heterocycles. The third-order valence-corrected chi connectivity index (χ3v) is 21.2. The van der Waals surface area contributed by atoms with Gasteiger partial charge in [-0.05, 0) is 102 Å². The number of primary amides is 2. The molecular formula is C79H106N16O18S2. The number of carbonyl (C=O) groups is 14. The molecular weight excluding hydrogens is 1530 g/mol. The number of aliphatic hydroxyl groups excluding tert-OH is 2. The zero-order valence-corrected chi connectivity index (χ0v) is 66.9. The number of phenols is 1. The molecule has 13 amide bonds. The smallest absolute Gasteiger partial charge is 0.303 e. The number of carboxylic acids is 1. The van der Waals surface area contributed by atoms with E-state index in [0.29, 0.717) is 57.3 Å². The summed E-state index contributed by atoms with van der Waals surface area (Å²) in [6.07, 6.45) is -0.397. The maximum absolute atomic E-state index is 15.1. The second-order valence-corrected chi connectivity index (χ2v) is 31.7. The van der Waals surface area contributed by atoms with Crippen LogP contribution in [0.3, 0.4) is 0 Å². The summed E-state index contributed by atoms with van der Waals surface area (Å²) in [5.41, 5.74) is 15.1. The first-order valence-corrected chi connectivity index (χ1v) is 40.3. The summed E-state index contributed by atoms with van der Waals surface area (Å²) in [4.78, 5) is 203. The van der Waals surface area contributed by atoms with Crippen molar-refractivity contribution in [3.05, 3.63) is 148 Å². The molecule has 3 aliphatic rings. The molecule has 3 aromatic carbocycles. The molecule has 2 bridgehead atoms. The lowest BCUT2D eigenvalue weighted by molar-refractivity contribution is -0.139. The van der Waals surface area contributed by atoms with Crippen molar-refractivity contribution < 1.29 is 87.5 Å². The highest BCUT2D eigenvalue weighted by Gasteiger charge is 2.41. The molecule has 0 radical (unpaired) electrons. The number of amides is 13. The Balaban J connectivity index is 1.25. The molecule has 3 heterocycles. The molecule has 21 N–H and O–H groups in total. The Kier molecular flexibility index (Phi) is 34.8. The molecule has 0 saturated carbocycles. The Hall–Kier alpha value is -11.1. The second-order valence-electron chi connectivity index (χ2n) is 29.6. The highest BCUT2D eigenvalue weighted by atomic mass is 32.2. The predicted octanol–water partition coefficient (Wildman–Crippen LogP) is -0.256. The van der Waals surface area contributed by atoms with E-state index in [4.69, 9.17) is 11.5 Å². The van der Waals surface area contributed by atoms with Crippen LogP contribution in [0.1, 0.15) is 150 Å². The monoisotopic (exact) mass is 1630 g/mol. The van der Waals surface area contributed by atoms with Crippen molar-refractivity contribution in [2.45, 2.75) is 216 Å². The number of hydrogen-bond donors (Lipinski definition) is 19. The Bertz CT molecular complexity index is 4220. The summed E-state index contributed by atoms with van der Waals surface area (Å²) in [6.45, 7) is 11.1. The van der Waals surface area contributed by atoms with Crippen LogP contribution in [-0.2, 0) is 93.1 Å². The molecule has 36 heteroatoms. The van der Waals surface area contributed by atoms with Gasteiger partial charge in [0, 0.05) is 91.6 Å². The number of aromatic nitrogens is 1. The summed E-state index contributed by atoms with van der Waals surface area (Å²) < 4.78 is 0. The van der Waals surface area contributed by atoms with Gasteiger partial charge in [0.25, 0.3) is 0 Å². The lowest BCUT2D eigenvalue weighted by atomic mass is 9.85. The number of aromatic hydroxyl groups is 1. The van der Waals surface area contributed by atoms with E-state index in [1.807, 2.05) is 24.3 Å². The lowest BCUT2D eigenvalue weighted by Gasteiger charge is -2.32. The summed E-state index contributed by atoms with van der Waals surface area (Å²) in [6, 6.07) is 4.88. The van der Waals surface area contributed by atoms with Crippen LogP contribution >= 0.6 is 23.5 Å². The molecule has 2 aliphatic heterocycles. The van der Waals surface area contributed by atoms with Crippen LogP contribution in [0.4, 0.5) is 0 Å². The van der Waals surface area contributed by atoms with E-state index in [2.05, 4.69) is 74.1 Å². The van der Waals surface area contributed by atoms with Gasteiger partial charge in [-0.25, -0.2) is 0 Å². The van der Waals surface area contributed by atoms with Crippen molar-refractivity contribution in [1.82, 2.24) is 74.1 Å². The van der Waals surface area contributed by atoms with Crippen LogP contribution in [0.15, 0.2) is 109 Å². The van der Waals surface area contributed by atoms with Crippen LogP contribution in [0.5, 0.6) is 5.75 Å². The summed E-state index contributed by atoms with van der Waals surface area (Å²) in [7, 11) is 0. The molecule has 1 aliphatic carbocycles. The number of pyridine rings is 1. The third-order valence-electron chi connectivity index (χ3n) is 19.1. The Morgan fingerprint density at radius 1 is 0.557 bits per heavy atom. The number of thioether (sulfide) groups is 2. The molecule has 0 unspecified atom stereocenters. The SMILES string of the molecule is CCC[C@@H]1NC(=O)[C@H](CC2=CCc3ncccc32)NC(=O)[C@H]([C@@H](C)O)NC(=O)[C@H](CC2=CNCN2)NC(=O)[C@H](Cc2ccc(C(N)=O)cc2)NC(=O)[C@H](C(C)(C)C)NC(=O)CCSCc2cccc(c2)CSC[C@@H](C(N)=O)NC(=O)[C@H]([C@@H](C)O)NC(=O)[C@H](CCC)NC(=O)[C@H](Cc2ccc(O)cc2)NC(=O)[C@H](CCC(=O)O)NC1=O. The van der Waals surface area contributed by atoms with Crippen LogP contribution in [-0.4, -0.2) is 205 Å². The highest BCUT2D eigenvalue weighted by Crippen LogP contribution is 2.30. The number of carboxylic acid groups (broad SMARTS) is 1. The van der Waals surface area contributed by atoms with Crippen molar-refractivity contribution in [3.8, 4) is 5.75 Å². The number of nitrogens with two attached hydrogens (primary N) is 2. The number of fused-ring (bicyclic) bond motifs is 3. The Labute approximate surface area is 674 Å². The van der Waals surface area contributed by atoms with Crippen LogP contribution in [0.2, 0.25) is 0 Å². The minimum absolute atomic E-state index is 0.0489. The van der Waals surface area contributed by atoms with Crippen molar-refractivity contribution in [3.63, 3.8) is 0 Å². The van der Waals surface area contributed by atoms with E-state index >= 15 is 9.59 Å². The summed E-state index contributed by atoms with van der Waals surface area (Å²) in [5.74, 6) is -12.7.